The van der Waals surface area contributed by atoms with E-state index in [1.807, 2.05) is 12.1 Å². The average Bonchev–Trinajstić information content (AvgIpc) is 3.96. The molecule has 11 nitrogen and oxygen atoms in total. The standard InChI is InChI=1S/C53H62N6O5S2/c1-5-7-10-17-38-20-22-39(23-21-38)24-25-40-32-42(34-54-58-52-56-45-18-13-15-36(3)49(45)65-52)48(43(33-40)35-55-59-53-57-46-19-14-16-37(4)50(46)66-53)64-51(61)41-26-28-44(29-27-41)62-30-11-8-9-12-31-63-47(60)6-2/h6,13-14,18-23,26-29,32-37,52,56,58H,2,5,7-12,15-17,24-25,30-31H2,1,3-4H3,(H,57,59)/b54-34+,55-35+. The number of benzene rings is 3. The second-order valence-electron chi connectivity index (χ2n) is 16.9. The van der Waals surface area contributed by atoms with Crippen LogP contribution in [0.1, 0.15) is 133 Å². The number of carbonyl (C=O) groups is 2. The maximum atomic E-state index is 14.0. The monoisotopic (exact) mass is 926 g/mol. The first-order valence-electron chi connectivity index (χ1n) is 23.3. The van der Waals surface area contributed by atoms with Crippen molar-refractivity contribution in [3.05, 3.63) is 146 Å². The fourth-order valence-electron chi connectivity index (χ4n) is 7.94. The molecule has 3 N–H and O–H groups in total. The van der Waals surface area contributed by atoms with Gasteiger partial charge in [-0.2, -0.15) is 10.2 Å². The van der Waals surface area contributed by atoms with Crippen LogP contribution in [0.4, 0.5) is 5.13 Å². The van der Waals surface area contributed by atoms with Gasteiger partial charge in [0.05, 0.1) is 36.9 Å². The van der Waals surface area contributed by atoms with Crippen LogP contribution in [0.15, 0.2) is 112 Å². The van der Waals surface area contributed by atoms with Gasteiger partial charge >= 0.3 is 11.9 Å². The number of fused-ring (bicyclic) bond motifs is 1. The van der Waals surface area contributed by atoms with Gasteiger partial charge in [0, 0.05) is 32.7 Å². The molecule has 0 saturated heterocycles. The third kappa shape index (κ3) is 13.8. The van der Waals surface area contributed by atoms with E-state index >= 15 is 0 Å². The summed E-state index contributed by atoms with van der Waals surface area (Å²) in [5.74, 6) is 0.928. The predicted octanol–water partition coefficient (Wildman–Crippen LogP) is 11.9. The minimum atomic E-state index is -0.519. The lowest BCUT2D eigenvalue weighted by Crippen LogP contribution is -2.32. The molecule has 0 radical (unpaired) electrons. The van der Waals surface area contributed by atoms with E-state index in [2.05, 4.69) is 97.2 Å². The highest BCUT2D eigenvalue weighted by Crippen LogP contribution is 2.39. The smallest absolute Gasteiger partial charge is 0.343 e. The van der Waals surface area contributed by atoms with Crippen LogP contribution >= 0.6 is 23.1 Å². The van der Waals surface area contributed by atoms with Crippen LogP contribution in [0.5, 0.6) is 11.5 Å². The number of nitrogens with one attached hydrogen (secondary N) is 3. The number of thiazole rings is 1. The van der Waals surface area contributed by atoms with Crippen molar-refractivity contribution in [3.8, 4) is 11.5 Å². The van der Waals surface area contributed by atoms with Gasteiger partial charge in [-0.05, 0) is 141 Å². The molecule has 0 amide bonds. The van der Waals surface area contributed by atoms with Crippen LogP contribution in [0.2, 0.25) is 0 Å². The Morgan fingerprint density at radius 2 is 1.53 bits per heavy atom. The molecule has 346 valence electrons. The zero-order valence-electron chi connectivity index (χ0n) is 38.4. The molecule has 1 aromatic heterocycles. The number of nitrogens with zero attached hydrogens (tertiary/aromatic N) is 3. The van der Waals surface area contributed by atoms with E-state index in [1.165, 1.54) is 46.2 Å². The average molecular weight is 927 g/mol. The van der Waals surface area contributed by atoms with Gasteiger partial charge in [-0.25, -0.2) is 14.6 Å². The third-order valence-corrected chi connectivity index (χ3v) is 14.2. The summed E-state index contributed by atoms with van der Waals surface area (Å²) in [5.41, 5.74) is 13.7. The summed E-state index contributed by atoms with van der Waals surface area (Å²) in [6.07, 6.45) is 25.0. The van der Waals surface area contributed by atoms with E-state index in [0.717, 1.165) is 74.7 Å². The number of rotatable bonds is 24. The van der Waals surface area contributed by atoms with E-state index in [9.17, 15) is 9.59 Å². The second kappa shape index (κ2) is 24.6. The number of carbonyl (C=O) groups excluding carboxylic acids is 2. The number of aryl methyl sites for hydroxylation is 3. The maximum Gasteiger partial charge on any atom is 0.343 e. The van der Waals surface area contributed by atoms with Gasteiger partial charge < -0.3 is 19.5 Å². The normalized spacial score (nSPS) is 17.4. The molecule has 66 heavy (non-hydrogen) atoms. The Hall–Kier alpha value is -5.92. The number of esters is 2. The number of hydrazone groups is 2. The van der Waals surface area contributed by atoms with Crippen LogP contribution in [0.3, 0.4) is 0 Å². The molecule has 4 aromatic rings. The van der Waals surface area contributed by atoms with Crippen molar-refractivity contribution in [2.45, 2.75) is 109 Å². The highest BCUT2D eigenvalue weighted by Gasteiger charge is 2.28. The third-order valence-electron chi connectivity index (χ3n) is 11.7. The Labute approximate surface area is 398 Å². The summed E-state index contributed by atoms with van der Waals surface area (Å²) in [6.45, 7) is 11.0. The molecule has 0 fully saturated rings. The highest BCUT2D eigenvalue weighted by atomic mass is 32.2. The molecule has 0 bridgehead atoms. The van der Waals surface area contributed by atoms with Gasteiger partial charge in [-0.3, -0.25) is 10.9 Å². The molecule has 3 aromatic carbocycles. The molecule has 3 aliphatic rings. The molecule has 3 unspecified atom stereocenters. The summed E-state index contributed by atoms with van der Waals surface area (Å²) in [6, 6.07) is 20.1. The van der Waals surface area contributed by atoms with Crippen molar-refractivity contribution >= 4 is 58.7 Å². The Morgan fingerprint density at radius 3 is 2.26 bits per heavy atom. The van der Waals surface area contributed by atoms with E-state index < -0.39 is 11.9 Å². The number of hydrogen-bond donors (Lipinski definition) is 3. The van der Waals surface area contributed by atoms with Crippen LogP contribution < -0.4 is 25.6 Å². The van der Waals surface area contributed by atoms with E-state index in [4.69, 9.17) is 24.3 Å². The fourth-order valence-corrected chi connectivity index (χ4v) is 10.0. The Balaban J connectivity index is 1.10. The van der Waals surface area contributed by atoms with Crippen molar-refractivity contribution < 1.29 is 23.8 Å². The zero-order valence-corrected chi connectivity index (χ0v) is 40.0. The van der Waals surface area contributed by atoms with Crippen molar-refractivity contribution in [2.75, 3.05) is 18.6 Å². The highest BCUT2D eigenvalue weighted by molar-refractivity contribution is 8.03. The van der Waals surface area contributed by atoms with E-state index in [1.54, 1.807) is 59.8 Å². The lowest BCUT2D eigenvalue weighted by molar-refractivity contribution is -0.137. The molecule has 2 heterocycles. The minimum absolute atomic E-state index is 0.142. The molecule has 7 rings (SSSR count). The van der Waals surface area contributed by atoms with E-state index in [-0.39, 0.29) is 5.50 Å². The molecule has 0 saturated carbocycles. The van der Waals surface area contributed by atoms with Gasteiger partial charge in [0.1, 0.15) is 11.5 Å². The molecular weight excluding hydrogens is 865 g/mol. The quantitative estimate of drug-likeness (QED) is 0.0156. The maximum absolute atomic E-state index is 14.0. The number of hydrogen-bond acceptors (Lipinski definition) is 13. The summed E-state index contributed by atoms with van der Waals surface area (Å²) in [4.78, 5) is 32.6. The van der Waals surface area contributed by atoms with Gasteiger partial charge in [0.15, 0.2) is 5.50 Å². The lowest BCUT2D eigenvalue weighted by atomic mass is 9.98. The molecule has 1 aliphatic heterocycles. The summed E-state index contributed by atoms with van der Waals surface area (Å²) in [5, 5.41) is 13.6. The first-order chi connectivity index (χ1) is 32.3. The predicted molar refractivity (Wildman–Crippen MR) is 271 cm³/mol. The summed E-state index contributed by atoms with van der Waals surface area (Å²) in [7, 11) is 0. The number of aromatic nitrogens is 1. The second-order valence-corrected chi connectivity index (χ2v) is 19.1. The van der Waals surface area contributed by atoms with Crippen molar-refractivity contribution in [2.24, 2.45) is 16.1 Å². The van der Waals surface area contributed by atoms with Gasteiger partial charge in [-0.15, -0.1) is 0 Å². The first-order valence-corrected chi connectivity index (χ1v) is 25.0. The number of thioether (sulfide) groups is 1. The van der Waals surface area contributed by atoms with Gasteiger partial charge in [0.2, 0.25) is 5.13 Å². The largest absolute Gasteiger partial charge is 0.494 e. The zero-order chi connectivity index (χ0) is 46.1. The van der Waals surface area contributed by atoms with Crippen LogP contribution in [0, 0.1) is 5.92 Å². The SMILES string of the molecule is C=CC(=O)OCCCCCCOc1ccc(C(=O)Oc2c(/C=N/Nc3nc4c(s3)C(C)CC=C4)cc(CCc3ccc(CCCCC)cc3)cc2/C=N/NC2NC3=C(S2)C(C)CC=C3)cc1. The van der Waals surface area contributed by atoms with Crippen LogP contribution in [0.25, 0.3) is 6.08 Å². The van der Waals surface area contributed by atoms with Crippen molar-refractivity contribution in [1.29, 1.82) is 0 Å². The Bertz CT molecular complexity index is 2440. The summed E-state index contributed by atoms with van der Waals surface area (Å²) >= 11 is 3.35. The molecular formula is C53H62N6O5S2. The number of allylic oxidation sites excluding steroid dienone is 4. The molecule has 3 atom stereocenters. The van der Waals surface area contributed by atoms with Crippen molar-refractivity contribution in [1.82, 2.24) is 15.7 Å². The Morgan fingerprint density at radius 1 is 0.833 bits per heavy atom. The van der Waals surface area contributed by atoms with Gasteiger partial charge in [-0.1, -0.05) is 99.7 Å². The molecule has 13 heteroatoms. The van der Waals surface area contributed by atoms with E-state index in [0.29, 0.717) is 58.4 Å². The number of ether oxygens (including phenoxy) is 3. The van der Waals surface area contributed by atoms with Crippen molar-refractivity contribution in [3.63, 3.8) is 0 Å². The first kappa shape index (κ1) is 48.0. The molecule has 2 aliphatic carbocycles. The Kier molecular flexibility index (Phi) is 17.9. The topological polar surface area (TPSA) is 136 Å². The number of anilines is 1. The van der Waals surface area contributed by atoms with Crippen LogP contribution in [-0.2, 0) is 28.8 Å². The molecule has 0 spiro atoms. The number of unbranched alkanes of at least 4 members (excludes halogenated alkanes) is 5. The van der Waals surface area contributed by atoms with Crippen LogP contribution in [-0.4, -0.2) is 48.1 Å². The fraction of sp³-hybridized carbons (Fsp3) is 0.377. The lowest BCUT2D eigenvalue weighted by Gasteiger charge is -2.15. The van der Waals surface area contributed by atoms with Gasteiger partial charge in [0.25, 0.3) is 0 Å². The minimum Gasteiger partial charge on any atom is -0.494 e. The summed E-state index contributed by atoms with van der Waals surface area (Å²) < 4.78 is 17.3.